The van der Waals surface area contributed by atoms with Gasteiger partial charge in [0.15, 0.2) is 0 Å². The minimum Gasteiger partial charge on any atom is -0.377 e. The molecule has 0 N–H and O–H groups in total. The van der Waals surface area contributed by atoms with Crippen molar-refractivity contribution < 1.29 is 4.74 Å². The minimum atomic E-state index is 0.684. The van der Waals surface area contributed by atoms with Crippen LogP contribution in [0.2, 0.25) is 0 Å². The van der Waals surface area contributed by atoms with Crippen molar-refractivity contribution in [2.24, 2.45) is 5.92 Å². The van der Waals surface area contributed by atoms with E-state index in [1.54, 1.807) is 0 Å². The summed E-state index contributed by atoms with van der Waals surface area (Å²) in [4.78, 5) is 0. The zero-order chi connectivity index (χ0) is 5.98. The first kappa shape index (κ1) is 5.83. The zero-order valence-electron chi connectivity index (χ0n) is 5.31. The van der Waals surface area contributed by atoms with Gasteiger partial charge in [0.2, 0.25) is 0 Å². The van der Waals surface area contributed by atoms with Gasteiger partial charge in [0.05, 0.1) is 6.61 Å². The van der Waals surface area contributed by atoms with Gasteiger partial charge in [-0.15, -0.1) is 0 Å². The molecule has 1 atom stereocenters. The summed E-state index contributed by atoms with van der Waals surface area (Å²) in [7, 11) is 0. The Morgan fingerprint density at radius 3 is 2.88 bits per heavy atom. The van der Waals surface area contributed by atoms with E-state index in [0.717, 1.165) is 19.6 Å². The van der Waals surface area contributed by atoms with Crippen LogP contribution in [0.3, 0.4) is 0 Å². The summed E-state index contributed by atoms with van der Waals surface area (Å²) in [5, 5.41) is 0. The van der Waals surface area contributed by atoms with Gasteiger partial charge in [0.25, 0.3) is 0 Å². The van der Waals surface area contributed by atoms with Crippen LogP contribution in [-0.2, 0) is 4.74 Å². The van der Waals surface area contributed by atoms with Crippen LogP contribution in [0.15, 0.2) is 12.2 Å². The molecule has 0 aromatic heterocycles. The second-order valence-corrected chi connectivity index (χ2v) is 2.40. The fourth-order valence-corrected chi connectivity index (χ4v) is 0.810. The Labute approximate surface area is 50.3 Å². The molecule has 0 amide bonds. The Morgan fingerprint density at radius 2 is 2.50 bits per heavy atom. The molecule has 1 unspecified atom stereocenters. The van der Waals surface area contributed by atoms with Crippen LogP contribution in [0.4, 0.5) is 0 Å². The van der Waals surface area contributed by atoms with E-state index < -0.39 is 0 Å². The molecule has 0 aromatic rings. The second kappa shape index (κ2) is 2.31. The summed E-state index contributed by atoms with van der Waals surface area (Å²) in [6.07, 6.45) is 1.15. The fourth-order valence-electron chi connectivity index (χ4n) is 0.810. The van der Waals surface area contributed by atoms with Crippen LogP contribution < -0.4 is 0 Å². The molecule has 0 saturated carbocycles. The third kappa shape index (κ3) is 1.10. The highest BCUT2D eigenvalue weighted by Crippen LogP contribution is 2.17. The van der Waals surface area contributed by atoms with Gasteiger partial charge in [-0.05, 0) is 17.9 Å². The van der Waals surface area contributed by atoms with Crippen LogP contribution in [0, 0.1) is 5.92 Å². The third-order valence-corrected chi connectivity index (χ3v) is 1.68. The highest BCUT2D eigenvalue weighted by Gasteiger charge is 2.10. The summed E-state index contributed by atoms with van der Waals surface area (Å²) in [5.74, 6) is 0.684. The van der Waals surface area contributed by atoms with Crippen LogP contribution in [-0.4, -0.2) is 13.2 Å². The lowest BCUT2D eigenvalue weighted by molar-refractivity contribution is 0.112. The highest BCUT2D eigenvalue weighted by atomic mass is 16.5. The molecular weight excluding hydrogens is 100 g/mol. The molecule has 1 heteroatoms. The van der Waals surface area contributed by atoms with Crippen molar-refractivity contribution in [3.8, 4) is 0 Å². The van der Waals surface area contributed by atoms with Crippen molar-refractivity contribution in [3.63, 3.8) is 0 Å². The predicted octanol–water partition coefficient (Wildman–Crippen LogP) is 1.60. The molecule has 8 heavy (non-hydrogen) atoms. The maximum absolute atomic E-state index is 5.15. The Hall–Kier alpha value is -0.300. The second-order valence-electron chi connectivity index (χ2n) is 2.40. The zero-order valence-corrected chi connectivity index (χ0v) is 5.31. The lowest BCUT2D eigenvalue weighted by atomic mass is 9.98. The van der Waals surface area contributed by atoms with Gasteiger partial charge in [0.1, 0.15) is 0 Å². The van der Waals surface area contributed by atoms with Crippen LogP contribution >= 0.6 is 0 Å². The SMILES string of the molecule is C=C1COCCC1C. The Morgan fingerprint density at radius 1 is 1.75 bits per heavy atom. The lowest BCUT2D eigenvalue weighted by Crippen LogP contribution is -2.15. The Kier molecular flexibility index (Phi) is 1.69. The maximum atomic E-state index is 5.15. The van der Waals surface area contributed by atoms with Crippen molar-refractivity contribution in [2.75, 3.05) is 13.2 Å². The monoisotopic (exact) mass is 112 g/mol. The number of hydrogen-bond donors (Lipinski definition) is 0. The molecule has 0 aromatic carbocycles. The van der Waals surface area contributed by atoms with E-state index in [1.165, 1.54) is 5.57 Å². The molecule has 46 valence electrons. The first-order valence-electron chi connectivity index (χ1n) is 3.06. The number of hydrogen-bond acceptors (Lipinski definition) is 1. The first-order chi connectivity index (χ1) is 3.80. The normalized spacial score (nSPS) is 30.6. The van der Waals surface area contributed by atoms with Crippen LogP contribution in [0.5, 0.6) is 0 Å². The standard InChI is InChI=1S/C7H12O/c1-6-3-4-8-5-7(6)2/h6H,2-5H2,1H3. The molecule has 1 rings (SSSR count). The summed E-state index contributed by atoms with van der Waals surface area (Å²) < 4.78 is 5.15. The van der Waals surface area contributed by atoms with E-state index in [1.807, 2.05) is 0 Å². The first-order valence-corrected chi connectivity index (χ1v) is 3.06. The van der Waals surface area contributed by atoms with Crippen molar-refractivity contribution >= 4 is 0 Å². The van der Waals surface area contributed by atoms with Crippen molar-refractivity contribution in [1.29, 1.82) is 0 Å². The van der Waals surface area contributed by atoms with Gasteiger partial charge in [-0.1, -0.05) is 13.5 Å². The molecule has 1 nitrogen and oxygen atoms in total. The molecule has 1 fully saturated rings. The van der Waals surface area contributed by atoms with E-state index >= 15 is 0 Å². The molecular formula is C7H12O. The van der Waals surface area contributed by atoms with Gasteiger partial charge in [0, 0.05) is 6.61 Å². The Balaban J connectivity index is 2.39. The largest absolute Gasteiger partial charge is 0.377 e. The lowest BCUT2D eigenvalue weighted by Gasteiger charge is -2.20. The van der Waals surface area contributed by atoms with Crippen LogP contribution in [0.25, 0.3) is 0 Å². The Bertz CT molecular complexity index is 96.6. The van der Waals surface area contributed by atoms with Gasteiger partial charge >= 0.3 is 0 Å². The van der Waals surface area contributed by atoms with Gasteiger partial charge in [-0.3, -0.25) is 0 Å². The molecule has 1 saturated heterocycles. The number of rotatable bonds is 0. The molecule has 0 aliphatic carbocycles. The summed E-state index contributed by atoms with van der Waals surface area (Å²) in [6, 6.07) is 0. The molecule has 1 aliphatic rings. The smallest absolute Gasteiger partial charge is 0.0676 e. The average molecular weight is 112 g/mol. The molecule has 0 spiro atoms. The molecule has 0 radical (unpaired) electrons. The van der Waals surface area contributed by atoms with E-state index in [0.29, 0.717) is 5.92 Å². The van der Waals surface area contributed by atoms with Gasteiger partial charge in [-0.2, -0.15) is 0 Å². The van der Waals surface area contributed by atoms with Crippen LogP contribution in [0.1, 0.15) is 13.3 Å². The summed E-state index contributed by atoms with van der Waals surface area (Å²) in [6.45, 7) is 7.77. The molecule has 1 aliphatic heterocycles. The van der Waals surface area contributed by atoms with E-state index in [2.05, 4.69) is 13.5 Å². The van der Waals surface area contributed by atoms with Crippen molar-refractivity contribution in [1.82, 2.24) is 0 Å². The van der Waals surface area contributed by atoms with E-state index in [4.69, 9.17) is 4.74 Å². The molecule has 0 bridgehead atoms. The number of ether oxygens (including phenoxy) is 1. The predicted molar refractivity (Wildman–Crippen MR) is 33.7 cm³/mol. The van der Waals surface area contributed by atoms with Gasteiger partial charge in [-0.25, -0.2) is 0 Å². The van der Waals surface area contributed by atoms with Crippen molar-refractivity contribution in [2.45, 2.75) is 13.3 Å². The highest BCUT2D eigenvalue weighted by molar-refractivity contribution is 5.00. The quantitative estimate of drug-likeness (QED) is 0.432. The average Bonchev–Trinajstić information content (AvgIpc) is 1.77. The van der Waals surface area contributed by atoms with E-state index in [9.17, 15) is 0 Å². The van der Waals surface area contributed by atoms with Crippen molar-refractivity contribution in [3.05, 3.63) is 12.2 Å². The third-order valence-electron chi connectivity index (χ3n) is 1.68. The van der Waals surface area contributed by atoms with E-state index in [-0.39, 0.29) is 0 Å². The minimum absolute atomic E-state index is 0.684. The fraction of sp³-hybridized carbons (Fsp3) is 0.714. The topological polar surface area (TPSA) is 9.23 Å². The molecule has 1 heterocycles. The summed E-state index contributed by atoms with van der Waals surface area (Å²) >= 11 is 0. The maximum Gasteiger partial charge on any atom is 0.0676 e. The summed E-state index contributed by atoms with van der Waals surface area (Å²) in [5.41, 5.74) is 1.25. The van der Waals surface area contributed by atoms with Gasteiger partial charge < -0.3 is 4.74 Å².